The van der Waals surface area contributed by atoms with Crippen LogP contribution in [0.3, 0.4) is 0 Å². The lowest BCUT2D eigenvalue weighted by atomic mass is 9.85. The van der Waals surface area contributed by atoms with Gasteiger partial charge in [-0.25, -0.2) is 0 Å². The Labute approximate surface area is 117 Å². The summed E-state index contributed by atoms with van der Waals surface area (Å²) in [5.74, 6) is 2.06. The first kappa shape index (κ1) is 14.4. The van der Waals surface area contributed by atoms with Gasteiger partial charge in [-0.2, -0.15) is 0 Å². The molecule has 2 nitrogen and oxygen atoms in total. The minimum absolute atomic E-state index is 0.273. The van der Waals surface area contributed by atoms with E-state index >= 15 is 0 Å². The van der Waals surface area contributed by atoms with Crippen LogP contribution in [0.5, 0.6) is 0 Å². The second-order valence-electron chi connectivity index (χ2n) is 6.34. The minimum atomic E-state index is -0.277. The van der Waals surface area contributed by atoms with Crippen LogP contribution in [0.2, 0.25) is 0 Å². The molecule has 1 aromatic carbocycles. The zero-order valence-corrected chi connectivity index (χ0v) is 12.8. The summed E-state index contributed by atoms with van der Waals surface area (Å²) in [4.78, 5) is 0. The molecule has 0 aromatic heterocycles. The number of allylic oxidation sites excluding steroid dienone is 1. The van der Waals surface area contributed by atoms with Crippen LogP contribution in [0.1, 0.15) is 45.7 Å². The third kappa shape index (κ3) is 2.93. The van der Waals surface area contributed by atoms with Crippen LogP contribution >= 0.6 is 0 Å². The molecule has 0 atom stereocenters. The summed E-state index contributed by atoms with van der Waals surface area (Å²) < 4.78 is 12.0. The second kappa shape index (κ2) is 4.80. The monoisotopic (exact) mass is 258 g/mol. The molecule has 0 amide bonds. The molecule has 0 spiro atoms. The van der Waals surface area contributed by atoms with Crippen LogP contribution in [-0.4, -0.2) is 18.3 Å². The molecule has 102 valence electrons. The van der Waals surface area contributed by atoms with Gasteiger partial charge in [-0.1, -0.05) is 41.4 Å². The normalized spacial score (nSPS) is 21.8. The molecule has 1 aliphatic heterocycles. The summed E-state index contributed by atoms with van der Waals surface area (Å²) in [7, 11) is -0.273. The van der Waals surface area contributed by atoms with E-state index in [0.29, 0.717) is 0 Å². The van der Waals surface area contributed by atoms with Crippen molar-refractivity contribution in [2.24, 2.45) is 0 Å². The molecule has 0 radical (unpaired) electrons. The highest BCUT2D eigenvalue weighted by Crippen LogP contribution is 2.37. The Balaban J connectivity index is 2.20. The minimum Gasteiger partial charge on any atom is -0.400 e. The molecule has 0 bridgehead atoms. The van der Waals surface area contributed by atoms with Crippen molar-refractivity contribution in [2.45, 2.75) is 52.7 Å². The highest BCUT2D eigenvalue weighted by molar-refractivity contribution is 6.53. The van der Waals surface area contributed by atoms with Crippen molar-refractivity contribution >= 4 is 12.7 Å². The summed E-state index contributed by atoms with van der Waals surface area (Å²) in [5, 5.41) is 0. The number of benzene rings is 1. The highest BCUT2D eigenvalue weighted by Gasteiger charge is 2.50. The van der Waals surface area contributed by atoms with Crippen LogP contribution in [0, 0.1) is 6.92 Å². The molecule has 1 aliphatic rings. The van der Waals surface area contributed by atoms with Crippen molar-refractivity contribution in [3.8, 4) is 0 Å². The van der Waals surface area contributed by atoms with Crippen LogP contribution < -0.4 is 0 Å². The standard InChI is InChI=1S/C16H23BO2/c1-12-8-7-9-14(10-12)13(2)11-17-18-15(3,4)16(5,6)19-17/h7-11H,1-6H3/b13-11+. The van der Waals surface area contributed by atoms with Gasteiger partial charge in [0, 0.05) is 0 Å². The largest absolute Gasteiger partial charge is 0.487 e. The zero-order chi connectivity index (χ0) is 14.3. The average molecular weight is 258 g/mol. The van der Waals surface area contributed by atoms with Gasteiger partial charge in [0.25, 0.3) is 0 Å². The Bertz CT molecular complexity index is 487. The lowest BCUT2D eigenvalue weighted by Crippen LogP contribution is -2.41. The summed E-state index contributed by atoms with van der Waals surface area (Å²) in [6.45, 7) is 12.5. The zero-order valence-electron chi connectivity index (χ0n) is 12.8. The van der Waals surface area contributed by atoms with Gasteiger partial charge in [0.2, 0.25) is 0 Å². The molecule has 0 N–H and O–H groups in total. The molecule has 3 heteroatoms. The van der Waals surface area contributed by atoms with E-state index in [9.17, 15) is 0 Å². The maximum Gasteiger partial charge on any atom is 0.487 e. The molecular formula is C16H23BO2. The predicted molar refractivity (Wildman–Crippen MR) is 80.9 cm³/mol. The predicted octanol–water partition coefficient (Wildman–Crippen LogP) is 4.03. The van der Waals surface area contributed by atoms with Gasteiger partial charge in [-0.3, -0.25) is 0 Å². The molecule has 0 unspecified atom stereocenters. The van der Waals surface area contributed by atoms with E-state index in [4.69, 9.17) is 9.31 Å². The number of aryl methyl sites for hydroxylation is 1. The first-order valence-electron chi connectivity index (χ1n) is 6.82. The van der Waals surface area contributed by atoms with E-state index < -0.39 is 0 Å². The Morgan fingerprint density at radius 1 is 1.11 bits per heavy atom. The van der Waals surface area contributed by atoms with Crippen molar-refractivity contribution < 1.29 is 9.31 Å². The van der Waals surface area contributed by atoms with E-state index in [1.54, 1.807) is 0 Å². The van der Waals surface area contributed by atoms with Crippen molar-refractivity contribution in [2.75, 3.05) is 0 Å². The number of hydrogen-bond donors (Lipinski definition) is 0. The van der Waals surface area contributed by atoms with Gasteiger partial charge in [0.15, 0.2) is 0 Å². The van der Waals surface area contributed by atoms with E-state index in [0.717, 1.165) is 0 Å². The smallest absolute Gasteiger partial charge is 0.400 e. The van der Waals surface area contributed by atoms with E-state index in [2.05, 4.69) is 71.8 Å². The highest BCUT2D eigenvalue weighted by atomic mass is 16.7. The third-order valence-electron chi connectivity index (χ3n) is 4.13. The van der Waals surface area contributed by atoms with Crippen molar-refractivity contribution in [3.05, 3.63) is 41.4 Å². The maximum absolute atomic E-state index is 5.99. The molecule has 0 saturated carbocycles. The molecule has 0 aliphatic carbocycles. The van der Waals surface area contributed by atoms with Crippen LogP contribution in [0.25, 0.3) is 5.57 Å². The fourth-order valence-corrected chi connectivity index (χ4v) is 2.15. The van der Waals surface area contributed by atoms with Gasteiger partial charge in [0.05, 0.1) is 11.2 Å². The molecule has 19 heavy (non-hydrogen) atoms. The fourth-order valence-electron chi connectivity index (χ4n) is 2.15. The van der Waals surface area contributed by atoms with Crippen LogP contribution in [0.4, 0.5) is 0 Å². The Kier molecular flexibility index (Phi) is 3.63. The lowest BCUT2D eigenvalue weighted by Gasteiger charge is -2.32. The quantitative estimate of drug-likeness (QED) is 0.745. The van der Waals surface area contributed by atoms with E-state index in [1.807, 2.05) is 0 Å². The SMILES string of the molecule is C/C(=C\B1OC(C)(C)C(C)(C)O1)c1cccc(C)c1. The van der Waals surface area contributed by atoms with E-state index in [-0.39, 0.29) is 18.3 Å². The van der Waals surface area contributed by atoms with Crippen molar-refractivity contribution in [1.29, 1.82) is 0 Å². The molecule has 1 heterocycles. The van der Waals surface area contributed by atoms with Gasteiger partial charge < -0.3 is 9.31 Å². The summed E-state index contributed by atoms with van der Waals surface area (Å²) >= 11 is 0. The summed E-state index contributed by atoms with van der Waals surface area (Å²) in [6, 6.07) is 8.47. The topological polar surface area (TPSA) is 18.5 Å². The first-order valence-corrected chi connectivity index (χ1v) is 6.82. The Morgan fingerprint density at radius 3 is 2.21 bits per heavy atom. The molecule has 1 aromatic rings. The fraction of sp³-hybridized carbons (Fsp3) is 0.500. The maximum atomic E-state index is 5.99. The van der Waals surface area contributed by atoms with Gasteiger partial charge in [0.1, 0.15) is 0 Å². The molecular weight excluding hydrogens is 235 g/mol. The van der Waals surface area contributed by atoms with Gasteiger partial charge in [-0.15, -0.1) is 0 Å². The second-order valence-corrected chi connectivity index (χ2v) is 6.34. The van der Waals surface area contributed by atoms with Gasteiger partial charge in [-0.05, 0) is 47.1 Å². The molecule has 1 saturated heterocycles. The lowest BCUT2D eigenvalue weighted by molar-refractivity contribution is 0.00578. The molecule has 1 fully saturated rings. The van der Waals surface area contributed by atoms with Crippen molar-refractivity contribution in [3.63, 3.8) is 0 Å². The van der Waals surface area contributed by atoms with E-state index in [1.165, 1.54) is 16.7 Å². The third-order valence-corrected chi connectivity index (χ3v) is 4.13. The summed E-state index contributed by atoms with van der Waals surface area (Å²) in [5.41, 5.74) is 3.11. The number of rotatable bonds is 2. The average Bonchev–Trinajstić information content (AvgIpc) is 2.46. The Hall–Kier alpha value is -1.06. The Morgan fingerprint density at radius 2 is 1.68 bits per heavy atom. The van der Waals surface area contributed by atoms with Crippen LogP contribution in [-0.2, 0) is 9.31 Å². The summed E-state index contributed by atoms with van der Waals surface area (Å²) in [6.07, 6.45) is 0. The van der Waals surface area contributed by atoms with Crippen molar-refractivity contribution in [1.82, 2.24) is 0 Å². The van der Waals surface area contributed by atoms with Crippen LogP contribution in [0.15, 0.2) is 30.2 Å². The molecule has 2 rings (SSSR count). The number of hydrogen-bond acceptors (Lipinski definition) is 2. The van der Waals surface area contributed by atoms with Gasteiger partial charge >= 0.3 is 7.12 Å². The first-order chi connectivity index (χ1) is 8.71.